The predicted octanol–water partition coefficient (Wildman–Crippen LogP) is 5.72. The van der Waals surface area contributed by atoms with Crippen molar-refractivity contribution >= 4 is 27.6 Å². The number of H-pyrrole nitrogens is 2. The number of aromatic amines is 2. The van der Waals surface area contributed by atoms with Gasteiger partial charge in [-0.15, -0.1) is 0 Å². The molecule has 0 saturated carbocycles. The topological polar surface area (TPSA) is 108 Å². The van der Waals surface area contributed by atoms with E-state index in [2.05, 4.69) is 35.5 Å². The van der Waals surface area contributed by atoms with Gasteiger partial charge < -0.3 is 10.3 Å². The number of hydrogen-bond donors (Lipinski definition) is 3. The smallest absolute Gasteiger partial charge is 0.161 e. The first-order valence-electron chi connectivity index (χ1n) is 11.3. The van der Waals surface area contributed by atoms with E-state index in [1.165, 1.54) is 12.1 Å². The Morgan fingerprint density at radius 2 is 1.69 bits per heavy atom. The van der Waals surface area contributed by atoms with Gasteiger partial charge in [-0.25, -0.2) is 13.8 Å². The molecule has 5 heterocycles. The van der Waals surface area contributed by atoms with E-state index in [0.717, 1.165) is 5.69 Å². The van der Waals surface area contributed by atoms with E-state index in [1.807, 2.05) is 19.9 Å². The van der Waals surface area contributed by atoms with Gasteiger partial charge >= 0.3 is 0 Å². The Hall–Kier alpha value is -4.73. The lowest BCUT2D eigenvalue weighted by molar-refractivity contribution is 0.628. The van der Waals surface area contributed by atoms with E-state index in [-0.39, 0.29) is 22.9 Å². The molecule has 0 aliphatic heterocycles. The molecule has 8 nitrogen and oxygen atoms in total. The first-order chi connectivity index (χ1) is 17.5. The quantitative estimate of drug-likeness (QED) is 0.290. The molecule has 6 rings (SSSR count). The van der Waals surface area contributed by atoms with Crippen LogP contribution in [0.5, 0.6) is 0 Å². The van der Waals surface area contributed by atoms with Crippen molar-refractivity contribution in [3.63, 3.8) is 0 Å². The van der Waals surface area contributed by atoms with Gasteiger partial charge in [0.1, 0.15) is 22.7 Å². The Morgan fingerprint density at radius 3 is 2.50 bits per heavy atom. The van der Waals surface area contributed by atoms with Crippen LogP contribution in [0, 0.1) is 11.6 Å². The minimum absolute atomic E-state index is 0.162. The second-order valence-corrected chi connectivity index (χ2v) is 8.69. The van der Waals surface area contributed by atoms with E-state index in [0.29, 0.717) is 44.9 Å². The number of benzene rings is 1. The standard InChI is InChI=1S/C26H20F2N8/c1-13(2)32-17-9-15(10-29-11-17)22-21(28)20-19(12-31-22)35-36-25(20)26-33-18-7-8-30-23(24(18)34-26)14-3-5-16(27)6-4-14/h3-13,32H,1-2H3,(H,33,34)(H,35,36). The summed E-state index contributed by atoms with van der Waals surface area (Å²) < 4.78 is 29.3. The molecule has 0 aliphatic rings. The number of pyridine rings is 3. The molecule has 0 aliphatic carbocycles. The summed E-state index contributed by atoms with van der Waals surface area (Å²) in [5.41, 5.74) is 4.79. The number of aromatic nitrogens is 7. The number of nitrogens with one attached hydrogen (secondary N) is 3. The van der Waals surface area contributed by atoms with Crippen LogP contribution in [-0.2, 0) is 0 Å². The lowest BCUT2D eigenvalue weighted by atomic mass is 10.1. The Bertz CT molecular complexity index is 1720. The van der Waals surface area contributed by atoms with Crippen molar-refractivity contribution in [2.75, 3.05) is 5.32 Å². The summed E-state index contributed by atoms with van der Waals surface area (Å²) in [7, 11) is 0. The van der Waals surface area contributed by atoms with Crippen LogP contribution in [0.4, 0.5) is 14.5 Å². The number of nitrogens with zero attached hydrogens (tertiary/aromatic N) is 5. The maximum atomic E-state index is 15.9. The van der Waals surface area contributed by atoms with Crippen LogP contribution < -0.4 is 5.32 Å². The second kappa shape index (κ2) is 8.49. The van der Waals surface area contributed by atoms with Gasteiger partial charge in [0, 0.05) is 35.8 Å². The summed E-state index contributed by atoms with van der Waals surface area (Å²) in [5.74, 6) is -0.494. The maximum Gasteiger partial charge on any atom is 0.161 e. The average molecular weight is 482 g/mol. The molecule has 0 radical (unpaired) electrons. The first kappa shape index (κ1) is 21.8. The zero-order valence-corrected chi connectivity index (χ0v) is 19.3. The molecule has 1 aromatic carbocycles. The number of imidazole rings is 1. The van der Waals surface area contributed by atoms with Crippen molar-refractivity contribution in [2.45, 2.75) is 19.9 Å². The van der Waals surface area contributed by atoms with E-state index in [9.17, 15) is 4.39 Å². The highest BCUT2D eigenvalue weighted by Gasteiger charge is 2.21. The largest absolute Gasteiger partial charge is 0.382 e. The molecule has 0 fully saturated rings. The minimum Gasteiger partial charge on any atom is -0.382 e. The first-order valence-corrected chi connectivity index (χ1v) is 11.3. The lowest BCUT2D eigenvalue weighted by Crippen LogP contribution is -2.09. The van der Waals surface area contributed by atoms with Crippen LogP contribution in [0.2, 0.25) is 0 Å². The molecule has 3 N–H and O–H groups in total. The summed E-state index contributed by atoms with van der Waals surface area (Å²) in [4.78, 5) is 20.9. The molecule has 0 bridgehead atoms. The number of rotatable bonds is 5. The van der Waals surface area contributed by atoms with Gasteiger partial charge in [0.25, 0.3) is 0 Å². The van der Waals surface area contributed by atoms with Crippen LogP contribution in [0.15, 0.2) is 61.2 Å². The Labute approximate surface area is 203 Å². The monoisotopic (exact) mass is 482 g/mol. The van der Waals surface area contributed by atoms with Gasteiger partial charge in [0.15, 0.2) is 11.6 Å². The average Bonchev–Trinajstić information content (AvgIpc) is 3.49. The highest BCUT2D eigenvalue weighted by molar-refractivity contribution is 5.97. The minimum atomic E-state index is -0.530. The predicted molar refractivity (Wildman–Crippen MR) is 134 cm³/mol. The summed E-state index contributed by atoms with van der Waals surface area (Å²) in [6, 6.07) is 9.81. The molecule has 5 aromatic heterocycles. The van der Waals surface area contributed by atoms with Crippen molar-refractivity contribution < 1.29 is 8.78 Å². The molecule has 0 spiro atoms. The van der Waals surface area contributed by atoms with E-state index in [1.54, 1.807) is 43.0 Å². The third kappa shape index (κ3) is 3.72. The normalized spacial score (nSPS) is 11.6. The number of hydrogen-bond acceptors (Lipinski definition) is 6. The zero-order valence-electron chi connectivity index (χ0n) is 19.3. The Morgan fingerprint density at radius 1 is 0.861 bits per heavy atom. The van der Waals surface area contributed by atoms with Gasteiger partial charge in [-0.3, -0.25) is 20.1 Å². The van der Waals surface area contributed by atoms with Gasteiger partial charge in [0.2, 0.25) is 0 Å². The SMILES string of the molecule is CC(C)Nc1cncc(-c2ncc3[nH]nc(-c4nc5c(-c6ccc(F)cc6)nccc5[nH]4)c3c2F)c1. The van der Waals surface area contributed by atoms with Crippen LogP contribution in [0.1, 0.15) is 13.8 Å². The van der Waals surface area contributed by atoms with Crippen LogP contribution in [0.25, 0.3) is 56.0 Å². The van der Waals surface area contributed by atoms with E-state index < -0.39 is 5.82 Å². The molecular weight excluding hydrogens is 462 g/mol. The van der Waals surface area contributed by atoms with Gasteiger partial charge in [-0.1, -0.05) is 0 Å². The number of halogens is 2. The van der Waals surface area contributed by atoms with Crippen LogP contribution in [-0.4, -0.2) is 41.2 Å². The second-order valence-electron chi connectivity index (χ2n) is 8.69. The fraction of sp³-hybridized carbons (Fsp3) is 0.115. The fourth-order valence-electron chi connectivity index (χ4n) is 4.20. The van der Waals surface area contributed by atoms with Crippen LogP contribution >= 0.6 is 0 Å². The molecule has 178 valence electrons. The van der Waals surface area contributed by atoms with Crippen molar-refractivity contribution in [2.24, 2.45) is 0 Å². The van der Waals surface area contributed by atoms with Gasteiger partial charge in [-0.05, 0) is 50.2 Å². The molecule has 36 heavy (non-hydrogen) atoms. The van der Waals surface area contributed by atoms with Crippen molar-refractivity contribution in [1.82, 2.24) is 35.1 Å². The number of anilines is 1. The zero-order chi connectivity index (χ0) is 24.8. The lowest BCUT2D eigenvalue weighted by Gasteiger charge is -2.11. The van der Waals surface area contributed by atoms with Crippen molar-refractivity contribution in [3.05, 3.63) is 72.8 Å². The van der Waals surface area contributed by atoms with Gasteiger partial charge in [0.05, 0.1) is 34.0 Å². The van der Waals surface area contributed by atoms with E-state index in [4.69, 9.17) is 4.98 Å². The molecule has 0 saturated heterocycles. The highest BCUT2D eigenvalue weighted by Crippen LogP contribution is 2.34. The molecule has 0 atom stereocenters. The van der Waals surface area contributed by atoms with Crippen molar-refractivity contribution in [1.29, 1.82) is 0 Å². The molecule has 0 unspecified atom stereocenters. The third-order valence-corrected chi connectivity index (χ3v) is 5.75. The van der Waals surface area contributed by atoms with Crippen LogP contribution in [0.3, 0.4) is 0 Å². The summed E-state index contributed by atoms with van der Waals surface area (Å²) >= 11 is 0. The maximum absolute atomic E-state index is 15.9. The van der Waals surface area contributed by atoms with Gasteiger partial charge in [-0.2, -0.15) is 5.10 Å². The molecule has 0 amide bonds. The highest BCUT2D eigenvalue weighted by atomic mass is 19.1. The van der Waals surface area contributed by atoms with E-state index >= 15 is 4.39 Å². The third-order valence-electron chi connectivity index (χ3n) is 5.75. The molecule has 10 heteroatoms. The Kier molecular flexibility index (Phi) is 5.14. The molecular formula is C26H20F2N8. The summed E-state index contributed by atoms with van der Waals surface area (Å²) in [5, 5.41) is 10.7. The summed E-state index contributed by atoms with van der Waals surface area (Å²) in [6.45, 7) is 4.03. The molecule has 6 aromatic rings. The van der Waals surface area contributed by atoms with Crippen molar-refractivity contribution in [3.8, 4) is 34.0 Å². The summed E-state index contributed by atoms with van der Waals surface area (Å²) in [6.07, 6.45) is 6.44. The Balaban J connectivity index is 1.48. The number of fused-ring (bicyclic) bond motifs is 2. The fourth-order valence-corrected chi connectivity index (χ4v) is 4.20.